The molecule has 6 rings (SSSR count). The Morgan fingerprint density at radius 2 is 1.59 bits per heavy atom. The van der Waals surface area contributed by atoms with Crippen LogP contribution in [0.15, 0.2) is 12.1 Å². The second kappa shape index (κ2) is 13.9. The molecule has 54 heavy (non-hydrogen) atoms. The van der Waals surface area contributed by atoms with Gasteiger partial charge in [-0.25, -0.2) is 23.4 Å². The van der Waals surface area contributed by atoms with Crippen LogP contribution in [-0.4, -0.2) is 82.8 Å². The molecule has 0 bridgehead atoms. The van der Waals surface area contributed by atoms with Gasteiger partial charge in [-0.3, -0.25) is 5.32 Å². The number of carbonyl (C=O) groups excluding carboxylic acids is 2. The lowest BCUT2D eigenvalue weighted by Gasteiger charge is -2.26. The minimum Gasteiger partial charge on any atom is -0.444 e. The molecule has 15 heteroatoms. The average molecular weight is 764 g/mol. The largest absolute Gasteiger partial charge is 0.573 e. The summed E-state index contributed by atoms with van der Waals surface area (Å²) in [6, 6.07) is 1.62. The van der Waals surface area contributed by atoms with Gasteiger partial charge < -0.3 is 28.6 Å². The van der Waals surface area contributed by atoms with Gasteiger partial charge in [0.2, 0.25) is 0 Å². The molecule has 2 unspecified atom stereocenters. The number of nitrogens with one attached hydrogen (secondary N) is 1. The number of ether oxygens (including phenoxy) is 3. The summed E-state index contributed by atoms with van der Waals surface area (Å²) in [5.41, 5.74) is -0.464. The van der Waals surface area contributed by atoms with Crippen LogP contribution in [0.1, 0.15) is 103 Å². The maximum absolute atomic E-state index is 17.6. The van der Waals surface area contributed by atoms with Crippen LogP contribution < -0.4 is 10.1 Å². The van der Waals surface area contributed by atoms with Crippen molar-refractivity contribution in [3.8, 4) is 17.0 Å². The van der Waals surface area contributed by atoms with Crippen LogP contribution in [0.3, 0.4) is 0 Å². The normalized spacial score (nSPS) is 20.2. The standard InChI is InChI=1S/C39H50F5N5O5/c1-19(2)31-29-28(27-23-17-48(18-24(23)27)36(51)54-38(6,7)8)26(13-14-47(9)10)49(21-11-12-21)33(29)30(41)32(46-31)22-15-20(45-35(50)53-37(3,4)5)16-25(40)34(22)52-39(42,43)44/h15-16,19,21,23-24,27H,11-14,17-18H2,1-10H3,(H,45,50). The lowest BCUT2D eigenvalue weighted by Crippen LogP contribution is -2.37. The molecule has 0 spiro atoms. The van der Waals surface area contributed by atoms with E-state index in [1.807, 2.05) is 58.2 Å². The SMILES string of the molecule is CC(C)c1nc(-c2cc(NC(=O)OC(C)(C)C)cc(F)c2OC(F)(F)F)c(F)c2c1c(C1C3CN(C(=O)OC(C)(C)C)CC31)c(CCN(C)C)n2C1CC1. The Bertz CT molecular complexity index is 1950. The molecule has 3 heterocycles. The fourth-order valence-electron chi connectivity index (χ4n) is 7.66. The number of aromatic nitrogens is 2. The summed E-state index contributed by atoms with van der Waals surface area (Å²) in [4.78, 5) is 34.1. The molecule has 1 aromatic carbocycles. The predicted molar refractivity (Wildman–Crippen MR) is 194 cm³/mol. The first-order chi connectivity index (χ1) is 24.9. The van der Waals surface area contributed by atoms with E-state index in [0.717, 1.165) is 30.2 Å². The van der Waals surface area contributed by atoms with Gasteiger partial charge in [0.15, 0.2) is 17.4 Å². The number of likely N-dealkylation sites (tertiary alicyclic amines) is 1. The molecule has 2 aromatic heterocycles. The number of piperidine rings is 1. The van der Waals surface area contributed by atoms with E-state index >= 15 is 8.78 Å². The molecule has 3 aromatic rings. The molecule has 3 aliphatic rings. The third-order valence-corrected chi connectivity index (χ3v) is 9.85. The Morgan fingerprint density at radius 1 is 0.981 bits per heavy atom. The third kappa shape index (κ3) is 8.25. The maximum Gasteiger partial charge on any atom is 0.573 e. The Kier molecular flexibility index (Phi) is 10.2. The summed E-state index contributed by atoms with van der Waals surface area (Å²) in [6.45, 7) is 15.6. The first-order valence-electron chi connectivity index (χ1n) is 18.4. The van der Waals surface area contributed by atoms with E-state index in [-0.39, 0.29) is 47.0 Å². The molecule has 2 saturated carbocycles. The second-order valence-corrected chi connectivity index (χ2v) is 17.3. The number of halogens is 5. The summed E-state index contributed by atoms with van der Waals surface area (Å²) in [7, 11) is 3.90. The molecule has 1 saturated heterocycles. The highest BCUT2D eigenvalue weighted by atomic mass is 19.4. The van der Waals surface area contributed by atoms with Crippen molar-refractivity contribution in [2.24, 2.45) is 11.8 Å². The van der Waals surface area contributed by atoms with E-state index in [1.165, 1.54) is 0 Å². The van der Waals surface area contributed by atoms with Gasteiger partial charge >= 0.3 is 18.5 Å². The summed E-state index contributed by atoms with van der Waals surface area (Å²) in [6.07, 6.45) is -4.56. The number of likely N-dealkylation sites (N-methyl/N-ethyl adjacent to an activating group) is 1. The number of amides is 2. The zero-order chi connectivity index (χ0) is 39.8. The Hall–Kier alpha value is -4.14. The van der Waals surface area contributed by atoms with Crippen molar-refractivity contribution >= 4 is 28.8 Å². The van der Waals surface area contributed by atoms with E-state index in [9.17, 15) is 22.8 Å². The smallest absolute Gasteiger partial charge is 0.444 e. The number of pyridine rings is 1. The van der Waals surface area contributed by atoms with Gasteiger partial charge in [-0.15, -0.1) is 13.2 Å². The zero-order valence-corrected chi connectivity index (χ0v) is 32.5. The van der Waals surface area contributed by atoms with Crippen LogP contribution in [0.2, 0.25) is 0 Å². The van der Waals surface area contributed by atoms with Crippen LogP contribution in [0.5, 0.6) is 5.75 Å². The van der Waals surface area contributed by atoms with E-state index in [1.54, 1.807) is 25.7 Å². The van der Waals surface area contributed by atoms with Crippen molar-refractivity contribution < 1.29 is 45.8 Å². The first kappa shape index (κ1) is 39.6. The van der Waals surface area contributed by atoms with Crippen LogP contribution >= 0.6 is 0 Å². The number of fused-ring (bicyclic) bond motifs is 2. The minimum atomic E-state index is -5.32. The van der Waals surface area contributed by atoms with Gasteiger partial charge in [-0.2, -0.15) is 0 Å². The van der Waals surface area contributed by atoms with Crippen molar-refractivity contribution in [1.82, 2.24) is 19.4 Å². The molecule has 10 nitrogen and oxygen atoms in total. The number of rotatable bonds is 9. The highest BCUT2D eigenvalue weighted by Crippen LogP contribution is 2.62. The van der Waals surface area contributed by atoms with Gasteiger partial charge in [0.1, 0.15) is 16.9 Å². The highest BCUT2D eigenvalue weighted by molar-refractivity contribution is 5.94. The van der Waals surface area contributed by atoms with Crippen molar-refractivity contribution in [2.75, 3.05) is 39.0 Å². The molecule has 0 radical (unpaired) electrons. The fraction of sp³-hybridized carbons (Fsp3) is 0.615. The van der Waals surface area contributed by atoms with Gasteiger partial charge in [-0.05, 0) is 104 Å². The molecule has 1 aliphatic heterocycles. The Balaban J connectivity index is 1.55. The summed E-state index contributed by atoms with van der Waals surface area (Å²) < 4.78 is 91.7. The van der Waals surface area contributed by atoms with E-state index < -0.39 is 52.3 Å². The van der Waals surface area contributed by atoms with E-state index in [0.29, 0.717) is 43.2 Å². The summed E-state index contributed by atoms with van der Waals surface area (Å²) >= 11 is 0. The molecule has 2 aliphatic carbocycles. The van der Waals surface area contributed by atoms with Gasteiger partial charge in [0.25, 0.3) is 0 Å². The topological polar surface area (TPSA) is 98.2 Å². The van der Waals surface area contributed by atoms with E-state index in [4.69, 9.17) is 14.5 Å². The molecule has 3 fully saturated rings. The third-order valence-electron chi connectivity index (χ3n) is 9.85. The van der Waals surface area contributed by atoms with Crippen molar-refractivity contribution in [1.29, 1.82) is 0 Å². The molecular weight excluding hydrogens is 713 g/mol. The summed E-state index contributed by atoms with van der Waals surface area (Å²) in [5.74, 6) is -3.79. The van der Waals surface area contributed by atoms with Crippen molar-refractivity contribution in [3.63, 3.8) is 0 Å². The highest BCUT2D eigenvalue weighted by Gasteiger charge is 2.59. The van der Waals surface area contributed by atoms with Gasteiger partial charge in [0.05, 0.1) is 16.8 Å². The van der Waals surface area contributed by atoms with Gasteiger partial charge in [-0.1, -0.05) is 13.8 Å². The maximum atomic E-state index is 17.6. The molecular formula is C39H50F5N5O5. The lowest BCUT2D eigenvalue weighted by atomic mass is 9.95. The van der Waals surface area contributed by atoms with Crippen LogP contribution in [0.4, 0.5) is 37.2 Å². The molecule has 2 amide bonds. The quantitative estimate of drug-likeness (QED) is 0.217. The number of anilines is 1. The van der Waals surface area contributed by atoms with Crippen LogP contribution in [-0.2, 0) is 15.9 Å². The van der Waals surface area contributed by atoms with Crippen molar-refractivity contribution in [3.05, 3.63) is 40.7 Å². The molecule has 1 N–H and O–H groups in total. The number of hydrogen-bond acceptors (Lipinski definition) is 7. The number of carbonyl (C=O) groups is 2. The van der Waals surface area contributed by atoms with E-state index in [2.05, 4.69) is 10.1 Å². The average Bonchev–Trinajstić information content (AvgIpc) is 3.88. The van der Waals surface area contributed by atoms with Crippen LogP contribution in [0, 0.1) is 23.5 Å². The zero-order valence-electron chi connectivity index (χ0n) is 32.5. The fourth-order valence-corrected chi connectivity index (χ4v) is 7.66. The first-order valence-corrected chi connectivity index (χ1v) is 18.4. The number of benzene rings is 1. The molecule has 2 atom stereocenters. The Morgan fingerprint density at radius 3 is 2.11 bits per heavy atom. The Labute approximate surface area is 312 Å². The van der Waals surface area contributed by atoms with Gasteiger partial charge in [0, 0.05) is 54.9 Å². The minimum absolute atomic E-state index is 0.00387. The second-order valence-electron chi connectivity index (χ2n) is 17.3. The number of alkyl halides is 3. The number of hydrogen-bond donors (Lipinski definition) is 1. The predicted octanol–water partition coefficient (Wildman–Crippen LogP) is 9.37. The number of nitrogens with zero attached hydrogens (tertiary/aromatic N) is 4. The summed E-state index contributed by atoms with van der Waals surface area (Å²) in [5, 5.41) is 2.96. The molecule has 296 valence electrons. The van der Waals surface area contributed by atoms with Crippen LogP contribution in [0.25, 0.3) is 22.2 Å². The van der Waals surface area contributed by atoms with Crippen molar-refractivity contribution in [2.45, 2.75) is 110 Å². The lowest BCUT2D eigenvalue weighted by molar-refractivity contribution is -0.275. The monoisotopic (exact) mass is 763 g/mol.